The van der Waals surface area contributed by atoms with Crippen LogP contribution >= 0.6 is 0 Å². The molecule has 0 amide bonds. The number of hydrogen-bond acceptors (Lipinski definition) is 5. The van der Waals surface area contributed by atoms with Gasteiger partial charge in [-0.3, -0.25) is 4.90 Å². The molecule has 0 saturated heterocycles. The molecular formula is C25H31N3O4S. The minimum Gasteiger partial charge on any atom is -0.477 e. The fraction of sp³-hybridized carbons (Fsp3) is 0.440. The lowest BCUT2D eigenvalue weighted by Gasteiger charge is -2.30. The zero-order chi connectivity index (χ0) is 24.3. The Morgan fingerprint density at radius 2 is 2.03 bits per heavy atom. The van der Waals surface area contributed by atoms with Crippen molar-refractivity contribution in [2.45, 2.75) is 44.5 Å². The average molecular weight is 470 g/mol. The number of carboxylic acid groups (broad SMARTS) is 1. The Labute approximate surface area is 198 Å². The van der Waals surface area contributed by atoms with Crippen LogP contribution in [0.5, 0.6) is 0 Å². The maximum atomic E-state index is 13.3. The van der Waals surface area contributed by atoms with E-state index in [1.54, 1.807) is 6.07 Å². The highest BCUT2D eigenvalue weighted by atomic mass is 32.2. The molecule has 1 aliphatic rings. The Morgan fingerprint density at radius 1 is 1.30 bits per heavy atom. The third kappa shape index (κ3) is 5.68. The van der Waals surface area contributed by atoms with Crippen molar-refractivity contribution in [2.75, 3.05) is 27.2 Å². The molecule has 2 atom stereocenters. The fourth-order valence-electron chi connectivity index (χ4n) is 3.84. The highest BCUT2D eigenvalue weighted by Crippen LogP contribution is 2.43. The summed E-state index contributed by atoms with van der Waals surface area (Å²) in [5.41, 5.74) is 3.63. The Bertz CT molecular complexity index is 1130. The average Bonchev–Trinajstić information content (AvgIpc) is 3.10. The monoisotopic (exact) mass is 469 g/mol. The van der Waals surface area contributed by atoms with E-state index >= 15 is 0 Å². The van der Waals surface area contributed by atoms with Crippen LogP contribution in [-0.4, -0.2) is 66.6 Å². The molecule has 2 N–H and O–H groups in total. The molecule has 1 aliphatic heterocycles. The first-order chi connectivity index (χ1) is 15.5. The molecule has 0 unspecified atom stereocenters. The number of benzene rings is 1. The van der Waals surface area contributed by atoms with Gasteiger partial charge < -0.3 is 10.2 Å². The number of aromatic nitrogens is 1. The summed E-state index contributed by atoms with van der Waals surface area (Å²) in [5.74, 6) is 5.13. The van der Waals surface area contributed by atoms with Gasteiger partial charge in [-0.05, 0) is 65.0 Å². The molecule has 2 aromatic rings. The van der Waals surface area contributed by atoms with Gasteiger partial charge in [0.05, 0.1) is 23.0 Å². The fourth-order valence-corrected chi connectivity index (χ4v) is 5.24. The van der Waals surface area contributed by atoms with E-state index in [2.05, 4.69) is 16.8 Å². The van der Waals surface area contributed by atoms with E-state index < -0.39 is 21.7 Å². The minimum atomic E-state index is -1.35. The number of nitrogens with zero attached hydrogens (tertiary/aromatic N) is 3. The largest absolute Gasteiger partial charge is 0.477 e. The van der Waals surface area contributed by atoms with E-state index in [-0.39, 0.29) is 18.3 Å². The molecule has 1 aromatic heterocycles. The summed E-state index contributed by atoms with van der Waals surface area (Å²) < 4.78 is 14.7. The summed E-state index contributed by atoms with van der Waals surface area (Å²) in [6.45, 7) is 6.58. The normalized spacial score (nSPS) is 16.9. The third-order valence-electron chi connectivity index (χ3n) is 5.27. The minimum absolute atomic E-state index is 0.0565. The summed E-state index contributed by atoms with van der Waals surface area (Å²) in [6.07, 6.45) is 0.373. The van der Waals surface area contributed by atoms with E-state index in [4.69, 9.17) is 0 Å². The SMILES string of the molecule is CN(C)CC#Cc1cccc(-c2nc(C(=O)O)cc3c2[C@H](CCO)N([S@@](=O)C(C)(C)C)C3)c1. The van der Waals surface area contributed by atoms with Crippen LogP contribution in [0.25, 0.3) is 11.3 Å². The second kappa shape index (κ2) is 10.1. The lowest BCUT2D eigenvalue weighted by atomic mass is 9.95. The molecule has 176 valence electrons. The number of aliphatic hydroxyl groups is 1. The molecule has 7 nitrogen and oxygen atoms in total. The molecule has 1 aromatic carbocycles. The number of hydrogen-bond donors (Lipinski definition) is 2. The van der Waals surface area contributed by atoms with Gasteiger partial charge in [0, 0.05) is 29.8 Å². The van der Waals surface area contributed by atoms with E-state index in [1.807, 2.05) is 68.3 Å². The topological polar surface area (TPSA) is 94.0 Å². The predicted octanol–water partition coefficient (Wildman–Crippen LogP) is 3.06. The van der Waals surface area contributed by atoms with Crippen LogP contribution in [-0.2, 0) is 17.5 Å². The van der Waals surface area contributed by atoms with Crippen molar-refractivity contribution in [3.8, 4) is 23.1 Å². The number of aromatic carboxylic acids is 1. The van der Waals surface area contributed by atoms with E-state index in [0.717, 1.165) is 22.3 Å². The van der Waals surface area contributed by atoms with Gasteiger partial charge in [-0.2, -0.15) is 0 Å². The zero-order valence-corrected chi connectivity index (χ0v) is 20.6. The summed E-state index contributed by atoms with van der Waals surface area (Å²) in [4.78, 5) is 18.3. The van der Waals surface area contributed by atoms with Crippen LogP contribution in [0.1, 0.15) is 60.4 Å². The molecule has 3 rings (SSSR count). The molecular weight excluding hydrogens is 438 g/mol. The number of pyridine rings is 1. The first-order valence-corrected chi connectivity index (χ1v) is 11.9. The Kier molecular flexibility index (Phi) is 7.70. The van der Waals surface area contributed by atoms with E-state index in [0.29, 0.717) is 25.2 Å². The van der Waals surface area contributed by atoms with Crippen molar-refractivity contribution in [3.63, 3.8) is 0 Å². The van der Waals surface area contributed by atoms with Crippen molar-refractivity contribution in [2.24, 2.45) is 0 Å². The van der Waals surface area contributed by atoms with Crippen LogP contribution < -0.4 is 0 Å². The highest BCUT2D eigenvalue weighted by molar-refractivity contribution is 7.84. The molecule has 2 heterocycles. The summed E-state index contributed by atoms with van der Waals surface area (Å²) in [7, 11) is 2.55. The predicted molar refractivity (Wildman–Crippen MR) is 130 cm³/mol. The number of carboxylic acids is 1. The van der Waals surface area contributed by atoms with Crippen molar-refractivity contribution in [1.29, 1.82) is 0 Å². The van der Waals surface area contributed by atoms with Crippen LogP contribution in [0.3, 0.4) is 0 Å². The van der Waals surface area contributed by atoms with Gasteiger partial charge in [0.2, 0.25) is 0 Å². The third-order valence-corrected chi connectivity index (χ3v) is 7.13. The maximum Gasteiger partial charge on any atom is 0.354 e. The van der Waals surface area contributed by atoms with E-state index in [9.17, 15) is 19.2 Å². The van der Waals surface area contributed by atoms with Crippen molar-refractivity contribution < 1.29 is 19.2 Å². The van der Waals surface area contributed by atoms with Crippen LogP contribution in [0.15, 0.2) is 30.3 Å². The Morgan fingerprint density at radius 3 is 2.64 bits per heavy atom. The molecule has 0 bridgehead atoms. The van der Waals surface area contributed by atoms with Gasteiger partial charge in [0.1, 0.15) is 16.7 Å². The van der Waals surface area contributed by atoms with Crippen molar-refractivity contribution >= 4 is 17.0 Å². The van der Waals surface area contributed by atoms with Crippen LogP contribution in [0.4, 0.5) is 0 Å². The Balaban J connectivity index is 2.16. The quantitative estimate of drug-likeness (QED) is 0.632. The van der Waals surface area contributed by atoms with Crippen LogP contribution in [0, 0.1) is 11.8 Å². The summed E-state index contributed by atoms with van der Waals surface area (Å²) >= 11 is 0. The van der Waals surface area contributed by atoms with Gasteiger partial charge in [-0.1, -0.05) is 24.0 Å². The van der Waals surface area contributed by atoms with Gasteiger partial charge >= 0.3 is 5.97 Å². The second-order valence-corrected chi connectivity index (χ2v) is 11.5. The first kappa shape index (κ1) is 25.1. The molecule has 0 fully saturated rings. The summed E-state index contributed by atoms with van der Waals surface area (Å²) in [5, 5.41) is 19.5. The molecule has 0 spiro atoms. The molecule has 0 radical (unpaired) electrons. The number of carbonyl (C=O) groups is 1. The highest BCUT2D eigenvalue weighted by Gasteiger charge is 2.40. The molecule has 33 heavy (non-hydrogen) atoms. The van der Waals surface area contributed by atoms with Gasteiger partial charge in [-0.15, -0.1) is 0 Å². The van der Waals surface area contributed by atoms with Crippen LogP contribution in [0.2, 0.25) is 0 Å². The lowest BCUT2D eigenvalue weighted by molar-refractivity contribution is 0.0690. The standard InChI is InChI=1S/C25H31N3O4S/c1-25(2,3)33(32)28-16-19-15-20(24(30)31)26-23(22(19)21(28)11-13-29)18-10-6-8-17(14-18)9-7-12-27(4)5/h6,8,10,14-15,21,29H,11-13,16H2,1-5H3,(H,30,31)/t21-,33-/m0/s1. The first-order valence-electron chi connectivity index (χ1n) is 10.8. The van der Waals surface area contributed by atoms with Gasteiger partial charge in [0.15, 0.2) is 0 Å². The van der Waals surface area contributed by atoms with Gasteiger partial charge in [0.25, 0.3) is 0 Å². The summed E-state index contributed by atoms with van der Waals surface area (Å²) in [6, 6.07) is 8.78. The molecule has 0 saturated carbocycles. The molecule has 8 heteroatoms. The number of aliphatic hydroxyl groups excluding tert-OH is 1. The number of fused-ring (bicyclic) bond motifs is 1. The van der Waals surface area contributed by atoms with Crippen molar-refractivity contribution in [1.82, 2.24) is 14.2 Å². The van der Waals surface area contributed by atoms with Gasteiger partial charge in [-0.25, -0.2) is 18.3 Å². The van der Waals surface area contributed by atoms with E-state index in [1.165, 1.54) is 0 Å². The lowest BCUT2D eigenvalue weighted by Crippen LogP contribution is -2.36. The van der Waals surface area contributed by atoms with Crippen molar-refractivity contribution in [3.05, 3.63) is 52.7 Å². The maximum absolute atomic E-state index is 13.3. The second-order valence-electron chi connectivity index (χ2n) is 9.32. The smallest absolute Gasteiger partial charge is 0.354 e. The Hall–Kier alpha value is -2.57. The molecule has 0 aliphatic carbocycles. The zero-order valence-electron chi connectivity index (χ0n) is 19.8. The number of rotatable bonds is 6.